The van der Waals surface area contributed by atoms with Crippen molar-refractivity contribution in [1.29, 1.82) is 0 Å². The highest BCUT2D eigenvalue weighted by Gasteiger charge is 2.46. The van der Waals surface area contributed by atoms with Gasteiger partial charge < -0.3 is 38.8 Å². The summed E-state index contributed by atoms with van der Waals surface area (Å²) >= 11 is 0. The summed E-state index contributed by atoms with van der Waals surface area (Å²) in [6.45, 7) is 7.82. The number of amides is 5. The normalized spacial score (nSPS) is 17.9. The van der Waals surface area contributed by atoms with Crippen LogP contribution >= 0.6 is 0 Å². The minimum absolute atomic E-state index is 0.0276. The van der Waals surface area contributed by atoms with Gasteiger partial charge in [-0.3, -0.25) is 39.6 Å². The number of hydrogen-bond acceptors (Lipinski definition) is 13. The molecule has 4 fully saturated rings. The summed E-state index contributed by atoms with van der Waals surface area (Å²) in [6, 6.07) is 35.1. The number of carbonyl (C=O) groups excluding carboxylic acids is 5. The molecule has 5 aromatic heterocycles. The van der Waals surface area contributed by atoms with Crippen LogP contribution in [0.5, 0.6) is 0 Å². The van der Waals surface area contributed by atoms with Crippen LogP contribution < -0.4 is 11.0 Å². The molecule has 0 radical (unpaired) electrons. The molecule has 4 saturated heterocycles. The third-order valence-electron chi connectivity index (χ3n) is 18.8. The van der Waals surface area contributed by atoms with Crippen molar-refractivity contribution >= 4 is 68.6 Å². The lowest BCUT2D eigenvalue weighted by Crippen LogP contribution is -2.51. The Bertz CT molecular complexity index is 4130. The van der Waals surface area contributed by atoms with Crippen molar-refractivity contribution in [1.82, 2.24) is 59.5 Å². The van der Waals surface area contributed by atoms with Crippen molar-refractivity contribution < 1.29 is 38.2 Å². The van der Waals surface area contributed by atoms with Gasteiger partial charge in [0.1, 0.15) is 5.60 Å². The number of para-hydroxylation sites is 3. The highest BCUT2D eigenvalue weighted by Crippen LogP contribution is 2.44. The minimum Gasteiger partial charge on any atom is -0.438 e. The van der Waals surface area contributed by atoms with E-state index in [0.717, 1.165) is 103 Å². The van der Waals surface area contributed by atoms with Crippen LogP contribution in [0.3, 0.4) is 0 Å². The molecule has 0 bridgehead atoms. The molecule has 10 heterocycles. The maximum absolute atomic E-state index is 14.0. The van der Waals surface area contributed by atoms with Crippen LogP contribution in [-0.4, -0.2) is 154 Å². The van der Waals surface area contributed by atoms with E-state index in [2.05, 4.69) is 40.7 Å². The molecular weight excluding hydrogens is 1140 g/mol. The number of piperidine rings is 4. The Balaban J connectivity index is 0.000000165. The Morgan fingerprint density at radius 2 is 1.08 bits per heavy atom. The largest absolute Gasteiger partial charge is 0.438 e. The quantitative estimate of drug-likeness (QED) is 0.0880. The average molecular weight is 1220 g/mol. The van der Waals surface area contributed by atoms with Crippen molar-refractivity contribution in [2.75, 3.05) is 57.7 Å². The summed E-state index contributed by atoms with van der Waals surface area (Å²) < 4.78 is 19.7. The Morgan fingerprint density at radius 3 is 1.61 bits per heavy atom. The molecule has 22 nitrogen and oxygen atoms in total. The first-order chi connectivity index (χ1) is 43.8. The fourth-order valence-corrected chi connectivity index (χ4v) is 14.0. The monoisotopic (exact) mass is 1220 g/mol. The lowest BCUT2D eigenvalue weighted by molar-refractivity contribution is -0.142. The Morgan fingerprint density at radius 1 is 0.589 bits per heavy atom. The standard InChI is InChI=1S/C34H37N7O4.C34H36N6O5/c1-22-18-23(19-25-21-36-38-31(22)25)20-30(32(42)39-14-9-24(10-15-39)27-6-4-5-13-35-27)45-34(44)40-16-11-26(12-17-40)41-29-8-3-2-7-28(29)37-33(41)43;1-22-18-23(19-25-21-36-38-30(22)25)20-29(31(41)39-14-9-24(10-15-39)27-7-4-5-13-35-27)44-33(43)40-16-11-34(12-17-40)26-6-2-3-8-28(26)37-32(42)45-34/h2-8,13,18-19,21,24,26,30H,9-12,14-17,20H2,1H3,(H,36,38)(H,37,43);2-8,13,18-19,21,24,29H,9-12,14-17,20H2,1H3,(H,36,38)(H,37,42). The number of ether oxygens (including phenoxy) is 3. The van der Waals surface area contributed by atoms with Gasteiger partial charge in [0, 0.05) is 136 Å². The number of H-pyrrole nitrogens is 3. The lowest BCUT2D eigenvalue weighted by atomic mass is 9.82. The second-order valence-corrected chi connectivity index (χ2v) is 24.4. The Hall–Kier alpha value is -9.86. The molecular formula is C68H73N13O9. The number of aromatic amines is 3. The van der Waals surface area contributed by atoms with E-state index in [1.165, 1.54) is 0 Å². The zero-order valence-corrected chi connectivity index (χ0v) is 50.5. The molecule has 22 heteroatoms. The Labute approximate surface area is 519 Å². The van der Waals surface area contributed by atoms with Crippen LogP contribution in [-0.2, 0) is 42.2 Å². The third kappa shape index (κ3) is 12.5. The van der Waals surface area contributed by atoms with Gasteiger partial charge >= 0.3 is 24.0 Å². The zero-order valence-electron chi connectivity index (χ0n) is 50.5. The number of aromatic nitrogens is 8. The first kappa shape index (κ1) is 59.1. The molecule has 14 rings (SSSR count). The van der Waals surface area contributed by atoms with Gasteiger partial charge in [0.15, 0.2) is 12.2 Å². The fourth-order valence-electron chi connectivity index (χ4n) is 14.0. The van der Waals surface area contributed by atoms with E-state index in [-0.39, 0.29) is 42.3 Å². The highest BCUT2D eigenvalue weighted by molar-refractivity contribution is 5.90. The number of imidazole rings is 1. The molecule has 4 N–H and O–H groups in total. The molecule has 464 valence electrons. The molecule has 5 aliphatic heterocycles. The van der Waals surface area contributed by atoms with Crippen molar-refractivity contribution in [2.24, 2.45) is 0 Å². The minimum atomic E-state index is -0.985. The van der Waals surface area contributed by atoms with E-state index in [0.29, 0.717) is 84.0 Å². The summed E-state index contributed by atoms with van der Waals surface area (Å²) in [5, 5.41) is 19.0. The maximum Gasteiger partial charge on any atom is 0.412 e. The zero-order chi connectivity index (χ0) is 61.9. The Kier molecular flexibility index (Phi) is 16.9. The van der Waals surface area contributed by atoms with Gasteiger partial charge in [0.05, 0.1) is 40.1 Å². The highest BCUT2D eigenvalue weighted by atomic mass is 16.6. The molecule has 5 aliphatic rings. The van der Waals surface area contributed by atoms with Crippen molar-refractivity contribution in [3.05, 3.63) is 184 Å². The van der Waals surface area contributed by atoms with Gasteiger partial charge in [0.2, 0.25) is 0 Å². The molecule has 0 aliphatic carbocycles. The molecule has 4 aromatic carbocycles. The van der Waals surface area contributed by atoms with E-state index >= 15 is 0 Å². The number of aryl methyl sites for hydroxylation is 2. The molecule has 0 saturated carbocycles. The molecule has 5 amide bonds. The summed E-state index contributed by atoms with van der Waals surface area (Å²) in [6.07, 6.45) is 9.50. The number of nitrogens with one attached hydrogen (secondary N) is 4. The van der Waals surface area contributed by atoms with Crippen LogP contribution in [0.2, 0.25) is 0 Å². The van der Waals surface area contributed by atoms with Crippen molar-refractivity contribution in [3.8, 4) is 0 Å². The van der Waals surface area contributed by atoms with E-state index in [1.807, 2.05) is 139 Å². The van der Waals surface area contributed by atoms with Gasteiger partial charge in [-0.2, -0.15) is 10.2 Å². The van der Waals surface area contributed by atoms with E-state index in [4.69, 9.17) is 14.2 Å². The average Bonchev–Trinajstić information content (AvgIpc) is 1.01. The van der Waals surface area contributed by atoms with Crippen molar-refractivity contribution in [2.45, 2.75) is 114 Å². The van der Waals surface area contributed by atoms with Gasteiger partial charge in [-0.1, -0.05) is 54.6 Å². The molecule has 90 heavy (non-hydrogen) atoms. The van der Waals surface area contributed by atoms with Crippen LogP contribution in [0.25, 0.3) is 32.8 Å². The predicted octanol–water partition coefficient (Wildman–Crippen LogP) is 9.97. The van der Waals surface area contributed by atoms with Gasteiger partial charge in [0.25, 0.3) is 11.8 Å². The van der Waals surface area contributed by atoms with E-state index in [1.54, 1.807) is 33.0 Å². The number of hydrogen-bond donors (Lipinski definition) is 4. The number of pyridine rings is 2. The molecule has 2 unspecified atom stereocenters. The van der Waals surface area contributed by atoms with Gasteiger partial charge in [-0.05, 0) is 129 Å². The SMILES string of the molecule is Cc1cc(CC(OC(=O)N2CCC(n3c(=O)[nH]c4ccccc43)CC2)C(=O)N2CCC(c3ccccn3)CC2)cc2cn[nH]c12.Cc1cc(CC(OC(=O)N2CCC3(CC2)OC(=O)Nc2ccccc23)C(=O)N2CCC(c3ccccn3)CC2)cc2cn[nH]c12. The maximum atomic E-state index is 14.0. The molecule has 9 aromatic rings. The smallest absolute Gasteiger partial charge is 0.412 e. The van der Waals surface area contributed by atoms with Crippen LogP contribution in [0.1, 0.15) is 108 Å². The summed E-state index contributed by atoms with van der Waals surface area (Å²) in [5.41, 5.74) is 10.2. The fraction of sp³-hybridized carbons (Fsp3) is 0.382. The number of nitrogens with zero attached hydrogens (tertiary/aromatic N) is 9. The number of rotatable bonds is 11. The number of benzene rings is 4. The molecule has 1 spiro atoms. The topological polar surface area (TPSA) is 259 Å². The van der Waals surface area contributed by atoms with Crippen LogP contribution in [0, 0.1) is 13.8 Å². The second kappa shape index (κ2) is 25.7. The van der Waals surface area contributed by atoms with Gasteiger partial charge in [-0.15, -0.1) is 0 Å². The van der Waals surface area contributed by atoms with Crippen LogP contribution in [0.4, 0.5) is 20.1 Å². The molecule has 2 atom stereocenters. The third-order valence-corrected chi connectivity index (χ3v) is 18.8. The lowest BCUT2D eigenvalue weighted by Gasteiger charge is -2.44. The second-order valence-electron chi connectivity index (χ2n) is 24.4. The van der Waals surface area contributed by atoms with Crippen LogP contribution in [0.15, 0.2) is 139 Å². The first-order valence-corrected chi connectivity index (χ1v) is 31.3. The first-order valence-electron chi connectivity index (χ1n) is 31.3. The van der Waals surface area contributed by atoms with E-state index in [9.17, 15) is 28.8 Å². The summed E-state index contributed by atoms with van der Waals surface area (Å²) in [5.74, 6) is 0.223. The summed E-state index contributed by atoms with van der Waals surface area (Å²) in [7, 11) is 0. The van der Waals surface area contributed by atoms with Gasteiger partial charge in [-0.25, -0.2) is 19.2 Å². The number of likely N-dealkylation sites (tertiary alicyclic amines) is 4. The predicted molar refractivity (Wildman–Crippen MR) is 337 cm³/mol. The number of carbonyl (C=O) groups is 5. The number of anilines is 1. The summed E-state index contributed by atoms with van der Waals surface area (Å²) in [4.78, 5) is 99.2. The van der Waals surface area contributed by atoms with E-state index < -0.39 is 36.1 Å². The number of fused-ring (bicyclic) bond motifs is 5. The van der Waals surface area contributed by atoms with Crippen molar-refractivity contribution in [3.63, 3.8) is 0 Å².